The van der Waals surface area contributed by atoms with E-state index in [4.69, 9.17) is 10.1 Å². The van der Waals surface area contributed by atoms with Crippen molar-refractivity contribution in [2.24, 2.45) is 0 Å². The highest BCUT2D eigenvalue weighted by Crippen LogP contribution is 2.51. The number of alkyl halides is 6. The molecule has 0 saturated carbocycles. The first-order valence-electron chi connectivity index (χ1n) is 16.3. The average Bonchev–Trinajstić information content (AvgIpc) is 3.43. The van der Waals surface area contributed by atoms with Crippen LogP contribution in [0.15, 0.2) is 115 Å². The van der Waals surface area contributed by atoms with Crippen LogP contribution in [0.1, 0.15) is 51.9 Å². The Morgan fingerprint density at radius 1 is 0.731 bits per heavy atom. The van der Waals surface area contributed by atoms with Crippen LogP contribution >= 0.6 is 0 Å². The third-order valence-corrected chi connectivity index (χ3v) is 9.04. The summed E-state index contributed by atoms with van der Waals surface area (Å²) in [6, 6.07) is 28.2. The number of aromatic nitrogens is 1. The number of pyridine rings is 1. The Balaban J connectivity index is 1.10. The summed E-state index contributed by atoms with van der Waals surface area (Å²) in [6.45, 7) is -1.27. The molecule has 6 nitrogen and oxygen atoms in total. The zero-order valence-electron chi connectivity index (χ0n) is 27.4. The number of hydrogen-bond donors (Lipinski definition) is 2. The summed E-state index contributed by atoms with van der Waals surface area (Å²) in [6.07, 6.45) is -6.67. The van der Waals surface area contributed by atoms with Gasteiger partial charge in [0.15, 0.2) is 0 Å². The van der Waals surface area contributed by atoms with Crippen molar-refractivity contribution in [3.63, 3.8) is 0 Å². The SMILES string of the molecule is N=C(C(=O)c1ccccc1-c1ccc(C(F)(F)F)cc1)c1ccc(OCCCCC2(C(=O)NCC(F)(F)F)c3ccccc3-c3ccccc32)nc1. The molecule has 0 fully saturated rings. The van der Waals surface area contributed by atoms with Crippen LogP contribution in [0, 0.1) is 5.41 Å². The molecule has 0 unspecified atom stereocenters. The Kier molecular flexibility index (Phi) is 10.0. The molecule has 266 valence electrons. The summed E-state index contributed by atoms with van der Waals surface area (Å²) in [7, 11) is 0. The molecular weight excluding hydrogens is 684 g/mol. The van der Waals surface area contributed by atoms with Crippen molar-refractivity contribution in [3.8, 4) is 28.1 Å². The summed E-state index contributed by atoms with van der Waals surface area (Å²) < 4.78 is 84.4. The molecule has 1 amide bonds. The Morgan fingerprint density at radius 3 is 1.90 bits per heavy atom. The third-order valence-electron chi connectivity index (χ3n) is 9.04. The Bertz CT molecular complexity index is 2060. The number of fused-ring (bicyclic) bond motifs is 3. The number of carbonyl (C=O) groups excluding carboxylic acids is 2. The highest BCUT2D eigenvalue weighted by Gasteiger charge is 2.49. The lowest BCUT2D eigenvalue weighted by Gasteiger charge is -2.31. The van der Waals surface area contributed by atoms with Gasteiger partial charge in [-0.3, -0.25) is 15.0 Å². The largest absolute Gasteiger partial charge is 0.478 e. The fourth-order valence-corrected chi connectivity index (χ4v) is 6.60. The molecule has 1 heterocycles. The Hall–Kier alpha value is -5.78. The number of nitrogens with one attached hydrogen (secondary N) is 2. The fourth-order valence-electron chi connectivity index (χ4n) is 6.60. The molecule has 0 spiro atoms. The molecule has 5 aromatic rings. The number of hydrogen-bond acceptors (Lipinski definition) is 5. The summed E-state index contributed by atoms with van der Waals surface area (Å²) >= 11 is 0. The number of ketones is 1. The number of nitrogens with zero attached hydrogens (tertiary/aromatic N) is 1. The van der Waals surface area contributed by atoms with E-state index in [1.165, 1.54) is 36.5 Å². The summed E-state index contributed by atoms with van der Waals surface area (Å²) in [5, 5.41) is 10.7. The van der Waals surface area contributed by atoms with E-state index >= 15 is 0 Å². The molecule has 0 atom stereocenters. The molecule has 1 aliphatic rings. The van der Waals surface area contributed by atoms with Crippen molar-refractivity contribution < 1.29 is 40.7 Å². The maximum atomic E-state index is 13.7. The zero-order chi connectivity index (χ0) is 37.1. The van der Waals surface area contributed by atoms with Gasteiger partial charge in [-0.15, -0.1) is 0 Å². The predicted octanol–water partition coefficient (Wildman–Crippen LogP) is 9.21. The van der Waals surface area contributed by atoms with E-state index in [1.54, 1.807) is 42.5 Å². The van der Waals surface area contributed by atoms with Crippen molar-refractivity contribution in [3.05, 3.63) is 143 Å². The minimum atomic E-state index is -4.57. The number of Topliss-reactive ketones (excluding diaryl/α,β-unsaturated/α-hetero) is 1. The molecule has 6 rings (SSSR count). The molecular formula is C40H31F6N3O3. The van der Waals surface area contributed by atoms with E-state index in [0.717, 1.165) is 23.3 Å². The van der Waals surface area contributed by atoms with Gasteiger partial charge in [0.1, 0.15) is 17.7 Å². The van der Waals surface area contributed by atoms with Crippen LogP contribution in [0.2, 0.25) is 0 Å². The second-order valence-corrected chi connectivity index (χ2v) is 12.3. The number of rotatable bonds is 12. The molecule has 52 heavy (non-hydrogen) atoms. The van der Waals surface area contributed by atoms with Gasteiger partial charge in [0, 0.05) is 23.4 Å². The van der Waals surface area contributed by atoms with Crippen LogP contribution in [-0.2, 0) is 16.4 Å². The van der Waals surface area contributed by atoms with Gasteiger partial charge in [-0.25, -0.2) is 4.98 Å². The van der Waals surface area contributed by atoms with E-state index in [2.05, 4.69) is 10.3 Å². The number of amides is 1. The molecule has 1 aromatic heterocycles. The van der Waals surface area contributed by atoms with Crippen molar-refractivity contribution in [1.29, 1.82) is 5.41 Å². The molecule has 0 saturated heterocycles. The molecule has 0 bridgehead atoms. The molecule has 0 radical (unpaired) electrons. The van der Waals surface area contributed by atoms with Crippen LogP contribution in [-0.4, -0.2) is 41.7 Å². The summed E-state index contributed by atoms with van der Waals surface area (Å²) in [4.78, 5) is 31.2. The van der Waals surface area contributed by atoms with Crippen LogP contribution < -0.4 is 10.1 Å². The van der Waals surface area contributed by atoms with Gasteiger partial charge in [0.05, 0.1) is 12.2 Å². The van der Waals surface area contributed by atoms with Crippen molar-refractivity contribution in [1.82, 2.24) is 10.3 Å². The first-order chi connectivity index (χ1) is 24.8. The first kappa shape index (κ1) is 36.0. The van der Waals surface area contributed by atoms with E-state index in [-0.39, 0.29) is 35.7 Å². The van der Waals surface area contributed by atoms with Crippen molar-refractivity contribution in [2.75, 3.05) is 13.2 Å². The van der Waals surface area contributed by atoms with Crippen LogP contribution in [0.4, 0.5) is 26.3 Å². The van der Waals surface area contributed by atoms with Gasteiger partial charge in [-0.1, -0.05) is 84.9 Å². The second-order valence-electron chi connectivity index (χ2n) is 12.3. The van der Waals surface area contributed by atoms with Crippen LogP contribution in [0.5, 0.6) is 5.88 Å². The van der Waals surface area contributed by atoms with Crippen LogP contribution in [0.3, 0.4) is 0 Å². The minimum Gasteiger partial charge on any atom is -0.478 e. The summed E-state index contributed by atoms with van der Waals surface area (Å²) in [5.74, 6) is -1.16. The maximum absolute atomic E-state index is 13.7. The van der Waals surface area contributed by atoms with E-state index < -0.39 is 41.6 Å². The lowest BCUT2D eigenvalue weighted by Crippen LogP contribution is -2.47. The standard InChI is InChI=1S/C40H31F6N3O3/c41-39(42,43)24-49-37(51)38(32-13-5-3-10-29(32)30-11-4-6-14-33(30)38)21-7-8-22-52-34-20-17-26(23-48-34)35(47)36(50)31-12-2-1-9-28(31)25-15-18-27(19-16-25)40(44,45)46/h1-6,9-20,23,47H,7-8,21-22,24H2,(H,49,51). The maximum Gasteiger partial charge on any atom is 0.416 e. The normalized spacial score (nSPS) is 13.2. The monoisotopic (exact) mass is 715 g/mol. The van der Waals surface area contributed by atoms with Gasteiger partial charge >= 0.3 is 12.4 Å². The van der Waals surface area contributed by atoms with E-state index in [9.17, 15) is 35.9 Å². The van der Waals surface area contributed by atoms with Gasteiger partial charge in [0.2, 0.25) is 17.6 Å². The van der Waals surface area contributed by atoms with Crippen LogP contribution in [0.25, 0.3) is 22.3 Å². The molecule has 1 aliphatic carbocycles. The van der Waals surface area contributed by atoms with E-state index in [1.807, 2.05) is 24.3 Å². The fraction of sp³-hybridized carbons (Fsp3) is 0.200. The topological polar surface area (TPSA) is 92.1 Å². The first-order valence-corrected chi connectivity index (χ1v) is 16.3. The number of ether oxygens (including phenoxy) is 1. The van der Waals surface area contributed by atoms with Gasteiger partial charge in [0.25, 0.3) is 0 Å². The smallest absolute Gasteiger partial charge is 0.416 e. The molecule has 12 heteroatoms. The zero-order valence-corrected chi connectivity index (χ0v) is 27.4. The number of benzene rings is 4. The lowest BCUT2D eigenvalue weighted by atomic mass is 9.73. The lowest BCUT2D eigenvalue weighted by molar-refractivity contribution is -0.141. The quantitative estimate of drug-likeness (QED) is 0.0583. The molecule has 0 aliphatic heterocycles. The number of halogens is 6. The van der Waals surface area contributed by atoms with Gasteiger partial charge in [-0.05, 0) is 70.8 Å². The molecule has 4 aromatic carbocycles. The summed E-state index contributed by atoms with van der Waals surface area (Å²) in [5.41, 5.74) is 1.49. The van der Waals surface area contributed by atoms with Gasteiger partial charge in [-0.2, -0.15) is 26.3 Å². The van der Waals surface area contributed by atoms with Gasteiger partial charge < -0.3 is 10.1 Å². The van der Waals surface area contributed by atoms with Crippen molar-refractivity contribution >= 4 is 17.4 Å². The highest BCUT2D eigenvalue weighted by atomic mass is 19.4. The highest BCUT2D eigenvalue weighted by molar-refractivity contribution is 6.51. The van der Waals surface area contributed by atoms with Crippen molar-refractivity contribution in [2.45, 2.75) is 37.0 Å². The average molecular weight is 716 g/mol. The Labute approximate surface area is 295 Å². The second kappa shape index (κ2) is 14.5. The minimum absolute atomic E-state index is 0.143. The predicted molar refractivity (Wildman–Crippen MR) is 183 cm³/mol. The van der Waals surface area contributed by atoms with E-state index in [0.29, 0.717) is 35.1 Å². The Morgan fingerprint density at radius 2 is 1.33 bits per heavy atom. The number of unbranched alkanes of at least 4 members (excludes halogenated alkanes) is 1. The third kappa shape index (κ3) is 7.32. The number of carbonyl (C=O) groups is 2. The molecule has 2 N–H and O–H groups in total.